The van der Waals surface area contributed by atoms with E-state index in [1.54, 1.807) is 19.2 Å². The van der Waals surface area contributed by atoms with Gasteiger partial charge in [0.1, 0.15) is 11.4 Å². The normalized spacial score (nSPS) is 27.5. The van der Waals surface area contributed by atoms with Gasteiger partial charge in [0, 0.05) is 6.26 Å². The van der Waals surface area contributed by atoms with Gasteiger partial charge < -0.3 is 9.84 Å². The zero-order chi connectivity index (χ0) is 14.3. The summed E-state index contributed by atoms with van der Waals surface area (Å²) < 4.78 is 28.9. The molecule has 19 heavy (non-hydrogen) atoms. The van der Waals surface area contributed by atoms with Crippen LogP contribution in [0.5, 0.6) is 5.75 Å². The summed E-state index contributed by atoms with van der Waals surface area (Å²) in [5, 5.41) is 10.2. The first kappa shape index (κ1) is 14.3. The van der Waals surface area contributed by atoms with E-state index in [0.29, 0.717) is 24.2 Å². The van der Waals surface area contributed by atoms with E-state index in [2.05, 4.69) is 0 Å². The van der Waals surface area contributed by atoms with E-state index in [4.69, 9.17) is 4.74 Å². The predicted octanol–water partition coefficient (Wildman–Crippen LogP) is 1.79. The van der Waals surface area contributed by atoms with Crippen molar-refractivity contribution in [3.05, 3.63) is 29.3 Å². The van der Waals surface area contributed by atoms with Gasteiger partial charge in [-0.1, -0.05) is 6.07 Å². The van der Waals surface area contributed by atoms with Crippen molar-refractivity contribution in [3.63, 3.8) is 0 Å². The molecule has 2 rings (SSSR count). The summed E-state index contributed by atoms with van der Waals surface area (Å²) in [4.78, 5) is 0. The second-order valence-electron chi connectivity index (χ2n) is 5.32. The number of rotatable bonds is 3. The van der Waals surface area contributed by atoms with Crippen LogP contribution in [0.15, 0.2) is 18.2 Å². The fourth-order valence-electron chi connectivity index (χ4n) is 3.08. The lowest BCUT2D eigenvalue weighted by Crippen LogP contribution is -2.40. The average Bonchev–Trinajstić information content (AvgIpc) is 2.71. The van der Waals surface area contributed by atoms with Crippen molar-refractivity contribution in [2.24, 2.45) is 0 Å². The Labute approximate surface area is 114 Å². The van der Waals surface area contributed by atoms with Crippen LogP contribution in [0.4, 0.5) is 0 Å². The molecular formula is C14H20O4S. The van der Waals surface area contributed by atoms with Crippen molar-refractivity contribution in [1.82, 2.24) is 0 Å². The van der Waals surface area contributed by atoms with Crippen molar-refractivity contribution < 1.29 is 18.3 Å². The topological polar surface area (TPSA) is 63.6 Å². The van der Waals surface area contributed by atoms with E-state index in [-0.39, 0.29) is 0 Å². The second-order valence-corrected chi connectivity index (χ2v) is 7.54. The largest absolute Gasteiger partial charge is 0.497 e. The molecule has 0 bridgehead atoms. The second kappa shape index (κ2) is 4.80. The predicted molar refractivity (Wildman–Crippen MR) is 74.1 cm³/mol. The number of hydrogen-bond donors (Lipinski definition) is 1. The van der Waals surface area contributed by atoms with Crippen molar-refractivity contribution >= 4 is 9.84 Å². The minimum Gasteiger partial charge on any atom is -0.497 e. The van der Waals surface area contributed by atoms with Crippen LogP contribution >= 0.6 is 0 Å². The fraction of sp³-hybridized carbons (Fsp3) is 0.571. The molecule has 0 aliphatic heterocycles. The smallest absolute Gasteiger partial charge is 0.153 e. The van der Waals surface area contributed by atoms with Crippen LogP contribution in [0.3, 0.4) is 0 Å². The average molecular weight is 284 g/mol. The molecule has 2 unspecified atom stereocenters. The van der Waals surface area contributed by atoms with E-state index in [9.17, 15) is 13.5 Å². The zero-order valence-corrected chi connectivity index (χ0v) is 12.3. The van der Waals surface area contributed by atoms with Gasteiger partial charge in [0.25, 0.3) is 0 Å². The molecule has 0 amide bonds. The molecule has 0 saturated heterocycles. The first-order chi connectivity index (χ1) is 8.79. The van der Waals surface area contributed by atoms with Crippen molar-refractivity contribution in [1.29, 1.82) is 0 Å². The summed E-state index contributed by atoms with van der Waals surface area (Å²) >= 11 is 0. The highest BCUT2D eigenvalue weighted by atomic mass is 32.2. The molecule has 1 aliphatic carbocycles. The van der Waals surface area contributed by atoms with Gasteiger partial charge in [-0.3, -0.25) is 0 Å². The number of aryl methyl sites for hydroxylation is 1. The van der Waals surface area contributed by atoms with Gasteiger partial charge in [0.2, 0.25) is 0 Å². The minimum absolute atomic E-state index is 0.484. The third kappa shape index (κ3) is 2.49. The van der Waals surface area contributed by atoms with E-state index in [1.165, 1.54) is 6.26 Å². The van der Waals surface area contributed by atoms with Crippen LogP contribution in [-0.4, -0.2) is 32.1 Å². The Morgan fingerprint density at radius 2 is 2.11 bits per heavy atom. The Balaban J connectivity index is 2.50. The molecule has 0 heterocycles. The van der Waals surface area contributed by atoms with Crippen molar-refractivity contribution in [2.75, 3.05) is 13.4 Å². The van der Waals surface area contributed by atoms with E-state index in [0.717, 1.165) is 12.0 Å². The van der Waals surface area contributed by atoms with Crippen LogP contribution < -0.4 is 4.74 Å². The van der Waals surface area contributed by atoms with Gasteiger partial charge in [-0.25, -0.2) is 8.42 Å². The Morgan fingerprint density at radius 1 is 1.42 bits per heavy atom. The highest BCUT2D eigenvalue weighted by molar-refractivity contribution is 7.91. The Bertz CT molecular complexity index is 579. The molecule has 106 valence electrons. The van der Waals surface area contributed by atoms with Crippen LogP contribution in [0.1, 0.15) is 30.4 Å². The van der Waals surface area contributed by atoms with Crippen molar-refractivity contribution in [2.45, 2.75) is 37.0 Å². The molecular weight excluding hydrogens is 264 g/mol. The molecule has 1 saturated carbocycles. The van der Waals surface area contributed by atoms with Crippen LogP contribution in [-0.2, 0) is 15.4 Å². The number of sulfone groups is 1. The highest BCUT2D eigenvalue weighted by Gasteiger charge is 2.48. The van der Waals surface area contributed by atoms with Crippen LogP contribution in [0.2, 0.25) is 0 Å². The minimum atomic E-state index is -3.27. The summed E-state index contributed by atoms with van der Waals surface area (Å²) in [5.41, 5.74) is 0.280. The number of ether oxygens (including phenoxy) is 1. The van der Waals surface area contributed by atoms with E-state index >= 15 is 0 Å². The molecule has 1 N–H and O–H groups in total. The lowest BCUT2D eigenvalue weighted by Gasteiger charge is -2.31. The fourth-order valence-corrected chi connectivity index (χ4v) is 4.63. The molecule has 1 fully saturated rings. The molecule has 4 nitrogen and oxygen atoms in total. The summed E-state index contributed by atoms with van der Waals surface area (Å²) in [6, 6.07) is 5.36. The zero-order valence-electron chi connectivity index (χ0n) is 11.5. The summed E-state index contributed by atoms with van der Waals surface area (Å²) in [6.07, 6.45) is 2.92. The number of benzene rings is 1. The number of methoxy groups -OCH3 is 1. The summed E-state index contributed by atoms with van der Waals surface area (Å²) in [6.45, 7) is 1.87. The number of hydrogen-bond acceptors (Lipinski definition) is 4. The van der Waals surface area contributed by atoms with Gasteiger partial charge in [-0.15, -0.1) is 0 Å². The molecule has 0 radical (unpaired) electrons. The molecule has 0 aromatic heterocycles. The lowest BCUT2D eigenvalue weighted by molar-refractivity contribution is 0.0470. The quantitative estimate of drug-likeness (QED) is 0.919. The number of aliphatic hydroxyl groups is 1. The van der Waals surface area contributed by atoms with Crippen LogP contribution in [0, 0.1) is 6.92 Å². The Hall–Kier alpha value is -1.07. The first-order valence-electron chi connectivity index (χ1n) is 6.35. The summed E-state index contributed by atoms with van der Waals surface area (Å²) in [7, 11) is -1.69. The van der Waals surface area contributed by atoms with E-state index in [1.807, 2.05) is 13.0 Å². The third-order valence-corrected chi connectivity index (χ3v) is 5.63. The maximum atomic E-state index is 11.9. The molecule has 1 aromatic carbocycles. The standard InChI is InChI=1S/C14H20O4S/c1-10-9-11(18-2)6-7-12(10)14(15)8-4-5-13(14)19(3,16)17/h6-7,9,13,15H,4-5,8H2,1-3H3. The Kier molecular flexibility index (Phi) is 3.62. The van der Waals surface area contributed by atoms with E-state index < -0.39 is 20.7 Å². The first-order valence-corrected chi connectivity index (χ1v) is 8.31. The van der Waals surface area contributed by atoms with Gasteiger partial charge in [-0.05, 0) is 49.4 Å². The highest BCUT2D eigenvalue weighted by Crippen LogP contribution is 2.44. The molecule has 0 spiro atoms. The summed E-state index contributed by atoms with van der Waals surface area (Å²) in [5.74, 6) is 0.707. The monoisotopic (exact) mass is 284 g/mol. The third-order valence-electron chi connectivity index (χ3n) is 3.97. The van der Waals surface area contributed by atoms with Crippen molar-refractivity contribution in [3.8, 4) is 5.75 Å². The Morgan fingerprint density at radius 3 is 2.63 bits per heavy atom. The SMILES string of the molecule is COc1ccc(C2(O)CCCC2S(C)(=O)=O)c(C)c1. The van der Waals surface area contributed by atoms with Gasteiger partial charge in [-0.2, -0.15) is 0 Å². The van der Waals surface area contributed by atoms with Gasteiger partial charge in [0.15, 0.2) is 9.84 Å². The van der Waals surface area contributed by atoms with Gasteiger partial charge in [0.05, 0.1) is 12.4 Å². The molecule has 1 aliphatic rings. The molecule has 5 heteroatoms. The lowest BCUT2D eigenvalue weighted by atomic mass is 9.88. The van der Waals surface area contributed by atoms with Gasteiger partial charge >= 0.3 is 0 Å². The molecule has 2 atom stereocenters. The maximum Gasteiger partial charge on any atom is 0.153 e. The van der Waals surface area contributed by atoms with Crippen LogP contribution in [0.25, 0.3) is 0 Å². The maximum absolute atomic E-state index is 11.9. The molecule has 1 aromatic rings.